The third-order valence-corrected chi connectivity index (χ3v) is 1.71. The van der Waals surface area contributed by atoms with Crippen LogP contribution < -0.4 is 10.6 Å². The van der Waals surface area contributed by atoms with Crippen LogP contribution in [0.4, 0.5) is 0 Å². The van der Waals surface area contributed by atoms with Gasteiger partial charge in [-0.3, -0.25) is 5.32 Å². The zero-order valence-corrected chi connectivity index (χ0v) is 8.27. The second kappa shape index (κ2) is 8.97. The van der Waals surface area contributed by atoms with Crippen molar-refractivity contribution >= 4 is 0 Å². The highest BCUT2D eigenvalue weighted by molar-refractivity contribution is 4.55. The average Bonchev–Trinajstić information content (AvgIpc) is 2.08. The van der Waals surface area contributed by atoms with Gasteiger partial charge >= 0.3 is 0 Å². The van der Waals surface area contributed by atoms with E-state index in [4.69, 9.17) is 5.11 Å². The Balaban J connectivity index is 0.000000202. The van der Waals surface area contributed by atoms with E-state index in [1.165, 1.54) is 32.4 Å². The SMILES string of the molecule is C1CCNCC1.CCNC(C)O. The zero-order valence-electron chi connectivity index (χ0n) is 8.27. The molecule has 0 radical (unpaired) electrons. The van der Waals surface area contributed by atoms with E-state index in [0.29, 0.717) is 0 Å². The molecule has 0 bridgehead atoms. The first kappa shape index (κ1) is 11.9. The van der Waals surface area contributed by atoms with Gasteiger partial charge in [0.2, 0.25) is 0 Å². The molecule has 1 unspecified atom stereocenters. The molecular weight excluding hydrogens is 152 g/mol. The summed E-state index contributed by atoms with van der Waals surface area (Å²) in [5, 5.41) is 14.5. The molecule has 0 aromatic heterocycles. The maximum atomic E-state index is 8.44. The van der Waals surface area contributed by atoms with Crippen LogP contribution in [0.25, 0.3) is 0 Å². The van der Waals surface area contributed by atoms with Gasteiger partial charge in [0.25, 0.3) is 0 Å². The molecular formula is C9H22N2O. The Labute approximate surface area is 75.6 Å². The monoisotopic (exact) mass is 174 g/mol. The number of rotatable bonds is 2. The highest BCUT2D eigenvalue weighted by Crippen LogP contribution is 1.96. The largest absolute Gasteiger partial charge is 0.379 e. The van der Waals surface area contributed by atoms with Gasteiger partial charge in [-0.15, -0.1) is 0 Å². The quantitative estimate of drug-likeness (QED) is 0.540. The smallest absolute Gasteiger partial charge is 0.102 e. The van der Waals surface area contributed by atoms with Crippen LogP contribution in [0.2, 0.25) is 0 Å². The predicted octanol–water partition coefficient (Wildman–Crippen LogP) is 0.694. The first-order chi connectivity index (χ1) is 5.77. The van der Waals surface area contributed by atoms with Crippen molar-refractivity contribution in [2.45, 2.75) is 39.3 Å². The predicted molar refractivity (Wildman–Crippen MR) is 52.1 cm³/mol. The third kappa shape index (κ3) is 9.88. The standard InChI is InChI=1S/C5H11N.C4H11NO/c1-2-4-6-5-3-1;1-3-5-4(2)6/h6H,1-5H2;4-6H,3H2,1-2H3. The van der Waals surface area contributed by atoms with Crippen molar-refractivity contribution in [1.29, 1.82) is 0 Å². The molecule has 3 heteroatoms. The van der Waals surface area contributed by atoms with E-state index in [1.807, 2.05) is 6.92 Å². The first-order valence-electron chi connectivity index (χ1n) is 4.89. The van der Waals surface area contributed by atoms with Gasteiger partial charge in [-0.1, -0.05) is 13.3 Å². The van der Waals surface area contributed by atoms with E-state index in [9.17, 15) is 0 Å². The summed E-state index contributed by atoms with van der Waals surface area (Å²) in [7, 11) is 0. The Hall–Kier alpha value is -0.120. The van der Waals surface area contributed by atoms with Gasteiger partial charge in [0, 0.05) is 0 Å². The molecule has 1 rings (SSSR count). The molecule has 0 spiro atoms. The van der Waals surface area contributed by atoms with E-state index < -0.39 is 0 Å². The minimum Gasteiger partial charge on any atom is -0.379 e. The van der Waals surface area contributed by atoms with Gasteiger partial charge in [0.15, 0.2) is 0 Å². The Morgan fingerprint density at radius 1 is 1.33 bits per heavy atom. The molecule has 1 aliphatic heterocycles. The summed E-state index contributed by atoms with van der Waals surface area (Å²) in [6, 6.07) is 0. The van der Waals surface area contributed by atoms with Crippen LogP contribution in [0.1, 0.15) is 33.1 Å². The van der Waals surface area contributed by atoms with Crippen molar-refractivity contribution in [2.75, 3.05) is 19.6 Å². The van der Waals surface area contributed by atoms with Gasteiger partial charge in [-0.05, 0) is 39.4 Å². The van der Waals surface area contributed by atoms with Crippen molar-refractivity contribution in [2.24, 2.45) is 0 Å². The molecule has 1 fully saturated rings. The molecule has 0 aliphatic carbocycles. The summed E-state index contributed by atoms with van der Waals surface area (Å²) in [6.07, 6.45) is 3.86. The summed E-state index contributed by atoms with van der Waals surface area (Å²) >= 11 is 0. The van der Waals surface area contributed by atoms with Crippen LogP contribution in [0, 0.1) is 0 Å². The normalized spacial score (nSPS) is 19.2. The van der Waals surface area contributed by atoms with Crippen molar-refractivity contribution in [1.82, 2.24) is 10.6 Å². The average molecular weight is 174 g/mol. The molecule has 12 heavy (non-hydrogen) atoms. The van der Waals surface area contributed by atoms with Crippen LogP contribution >= 0.6 is 0 Å². The summed E-state index contributed by atoms with van der Waals surface area (Å²) < 4.78 is 0. The van der Waals surface area contributed by atoms with E-state index >= 15 is 0 Å². The highest BCUT2D eigenvalue weighted by Gasteiger charge is 1.93. The van der Waals surface area contributed by atoms with Gasteiger partial charge in [0.1, 0.15) is 6.23 Å². The van der Waals surface area contributed by atoms with Gasteiger partial charge in [-0.25, -0.2) is 0 Å². The number of aliphatic hydroxyl groups excluding tert-OH is 1. The Morgan fingerprint density at radius 3 is 2.00 bits per heavy atom. The van der Waals surface area contributed by atoms with Gasteiger partial charge in [-0.2, -0.15) is 0 Å². The molecule has 74 valence electrons. The fourth-order valence-corrected chi connectivity index (χ4v) is 1.10. The molecule has 0 amide bonds. The summed E-state index contributed by atoms with van der Waals surface area (Å²) in [4.78, 5) is 0. The van der Waals surface area contributed by atoms with Crippen molar-refractivity contribution < 1.29 is 5.11 Å². The number of nitrogens with one attached hydrogen (secondary N) is 2. The van der Waals surface area contributed by atoms with Crippen LogP contribution in [-0.2, 0) is 0 Å². The second-order valence-corrected chi connectivity index (χ2v) is 3.04. The molecule has 3 nitrogen and oxygen atoms in total. The van der Waals surface area contributed by atoms with Crippen molar-refractivity contribution in [3.63, 3.8) is 0 Å². The van der Waals surface area contributed by atoms with E-state index in [2.05, 4.69) is 10.6 Å². The zero-order chi connectivity index (χ0) is 9.23. The van der Waals surface area contributed by atoms with E-state index in [-0.39, 0.29) is 6.23 Å². The molecule has 1 saturated heterocycles. The Morgan fingerprint density at radius 2 is 1.92 bits per heavy atom. The lowest BCUT2D eigenvalue weighted by Gasteiger charge is -2.08. The van der Waals surface area contributed by atoms with Crippen LogP contribution in [0.15, 0.2) is 0 Å². The van der Waals surface area contributed by atoms with E-state index in [1.54, 1.807) is 6.92 Å². The van der Waals surface area contributed by atoms with Crippen LogP contribution in [0.3, 0.4) is 0 Å². The number of hydrogen-bond acceptors (Lipinski definition) is 3. The van der Waals surface area contributed by atoms with Crippen molar-refractivity contribution in [3.8, 4) is 0 Å². The highest BCUT2D eigenvalue weighted by atomic mass is 16.3. The summed E-state index contributed by atoms with van der Waals surface area (Å²) in [6.45, 7) is 6.98. The third-order valence-electron chi connectivity index (χ3n) is 1.71. The molecule has 1 aliphatic rings. The fraction of sp³-hybridized carbons (Fsp3) is 1.00. The number of piperidine rings is 1. The molecule has 0 aromatic rings. The van der Waals surface area contributed by atoms with Gasteiger partial charge < -0.3 is 10.4 Å². The number of aliphatic hydroxyl groups is 1. The minimum absolute atomic E-state index is 0.352. The van der Waals surface area contributed by atoms with Crippen molar-refractivity contribution in [3.05, 3.63) is 0 Å². The lowest BCUT2D eigenvalue weighted by Crippen LogP contribution is -2.24. The topological polar surface area (TPSA) is 44.3 Å². The molecule has 0 saturated carbocycles. The van der Waals surface area contributed by atoms with E-state index in [0.717, 1.165) is 6.54 Å². The fourth-order valence-electron chi connectivity index (χ4n) is 1.10. The molecule has 1 heterocycles. The molecule has 3 N–H and O–H groups in total. The Bertz CT molecular complexity index is 71.1. The maximum absolute atomic E-state index is 8.44. The number of hydrogen-bond donors (Lipinski definition) is 3. The second-order valence-electron chi connectivity index (χ2n) is 3.04. The minimum atomic E-state index is -0.352. The summed E-state index contributed by atoms with van der Waals surface area (Å²) in [5.41, 5.74) is 0. The Kier molecular flexibility index (Phi) is 8.88. The van der Waals surface area contributed by atoms with Crippen LogP contribution in [-0.4, -0.2) is 31.0 Å². The first-order valence-corrected chi connectivity index (χ1v) is 4.89. The van der Waals surface area contributed by atoms with Crippen LogP contribution in [0.5, 0.6) is 0 Å². The summed E-state index contributed by atoms with van der Waals surface area (Å²) in [5.74, 6) is 0. The maximum Gasteiger partial charge on any atom is 0.102 e. The molecule has 0 aromatic carbocycles. The molecule has 1 atom stereocenters. The lowest BCUT2D eigenvalue weighted by atomic mass is 10.2. The van der Waals surface area contributed by atoms with Gasteiger partial charge in [0.05, 0.1) is 0 Å². The lowest BCUT2D eigenvalue weighted by molar-refractivity contribution is 0.159.